The van der Waals surface area contributed by atoms with Crippen molar-refractivity contribution in [3.8, 4) is 0 Å². The lowest BCUT2D eigenvalue weighted by atomic mass is 9.87. The number of rotatable bonds is 5. The Kier molecular flexibility index (Phi) is 3.85. The van der Waals surface area contributed by atoms with E-state index in [9.17, 15) is 14.4 Å². The van der Waals surface area contributed by atoms with Crippen molar-refractivity contribution in [2.75, 3.05) is 0 Å². The molecule has 0 spiro atoms. The molecule has 0 saturated carbocycles. The van der Waals surface area contributed by atoms with Gasteiger partial charge in [-0.25, -0.2) is 4.79 Å². The van der Waals surface area contributed by atoms with Crippen LogP contribution in [0.2, 0.25) is 0 Å². The summed E-state index contributed by atoms with van der Waals surface area (Å²) in [5, 5.41) is 9.02. The van der Waals surface area contributed by atoms with Gasteiger partial charge in [-0.2, -0.15) is 0 Å². The van der Waals surface area contributed by atoms with Gasteiger partial charge in [-0.1, -0.05) is 20.8 Å². The minimum Gasteiger partial charge on any atom is -0.478 e. The largest absolute Gasteiger partial charge is 0.478 e. The third kappa shape index (κ3) is 2.13. The summed E-state index contributed by atoms with van der Waals surface area (Å²) in [4.78, 5) is 37.5. The molecule has 0 unspecified atom stereocenters. The molecule has 1 aromatic carbocycles. The molecular weight excluding hydrogens is 270 g/mol. The molecular formula is C16H19NO4. The van der Waals surface area contributed by atoms with Gasteiger partial charge < -0.3 is 5.11 Å². The zero-order valence-corrected chi connectivity index (χ0v) is 12.5. The Morgan fingerprint density at radius 1 is 1.05 bits per heavy atom. The fourth-order valence-corrected chi connectivity index (χ4v) is 3.03. The predicted octanol–water partition coefficient (Wildman–Crippen LogP) is 2.95. The van der Waals surface area contributed by atoms with Crippen LogP contribution in [0.4, 0.5) is 0 Å². The number of hydrogen-bond acceptors (Lipinski definition) is 3. The van der Waals surface area contributed by atoms with Crippen LogP contribution in [0.1, 0.15) is 71.1 Å². The van der Waals surface area contributed by atoms with Crippen LogP contribution in [-0.4, -0.2) is 33.3 Å². The zero-order valence-electron chi connectivity index (χ0n) is 12.5. The van der Waals surface area contributed by atoms with Gasteiger partial charge in [0.25, 0.3) is 11.8 Å². The van der Waals surface area contributed by atoms with Crippen molar-refractivity contribution < 1.29 is 19.5 Å². The molecule has 0 radical (unpaired) electrons. The van der Waals surface area contributed by atoms with Crippen molar-refractivity contribution >= 4 is 17.8 Å². The molecule has 1 aromatic rings. The maximum absolute atomic E-state index is 12.6. The molecule has 21 heavy (non-hydrogen) atoms. The van der Waals surface area contributed by atoms with Crippen LogP contribution in [0.15, 0.2) is 18.2 Å². The number of hydrogen-bond donors (Lipinski definition) is 1. The second kappa shape index (κ2) is 5.31. The molecule has 0 bridgehead atoms. The van der Waals surface area contributed by atoms with Crippen LogP contribution in [0.5, 0.6) is 0 Å². The van der Waals surface area contributed by atoms with E-state index < -0.39 is 11.5 Å². The van der Waals surface area contributed by atoms with E-state index >= 15 is 0 Å². The number of fused-ring (bicyclic) bond motifs is 1. The normalized spacial score (nSPS) is 14.5. The molecule has 0 saturated heterocycles. The van der Waals surface area contributed by atoms with Crippen molar-refractivity contribution in [1.29, 1.82) is 0 Å². The van der Waals surface area contributed by atoms with Gasteiger partial charge in [-0.3, -0.25) is 14.5 Å². The summed E-state index contributed by atoms with van der Waals surface area (Å²) in [6, 6.07) is 4.09. The lowest BCUT2D eigenvalue weighted by Gasteiger charge is -2.38. The molecule has 0 aliphatic carbocycles. The van der Waals surface area contributed by atoms with Crippen LogP contribution in [0.3, 0.4) is 0 Å². The average molecular weight is 289 g/mol. The van der Waals surface area contributed by atoms with Gasteiger partial charge in [-0.15, -0.1) is 0 Å². The van der Waals surface area contributed by atoms with E-state index in [1.807, 2.05) is 20.8 Å². The van der Waals surface area contributed by atoms with Gasteiger partial charge in [-0.05, 0) is 37.5 Å². The lowest BCUT2D eigenvalue weighted by Crippen LogP contribution is -2.50. The molecule has 1 aliphatic rings. The van der Waals surface area contributed by atoms with E-state index in [2.05, 4.69) is 0 Å². The van der Waals surface area contributed by atoms with Gasteiger partial charge in [0, 0.05) is 0 Å². The minimum absolute atomic E-state index is 0.0202. The van der Waals surface area contributed by atoms with Crippen LogP contribution < -0.4 is 0 Å². The third-order valence-electron chi connectivity index (χ3n) is 4.58. The summed E-state index contributed by atoms with van der Waals surface area (Å²) in [5.41, 5.74) is 0.00697. The first-order chi connectivity index (χ1) is 9.91. The van der Waals surface area contributed by atoms with E-state index in [1.54, 1.807) is 0 Å². The summed E-state index contributed by atoms with van der Waals surface area (Å²) < 4.78 is 0. The molecule has 2 rings (SSSR count). The van der Waals surface area contributed by atoms with Crippen LogP contribution in [0, 0.1) is 0 Å². The van der Waals surface area contributed by atoms with E-state index in [0.29, 0.717) is 24.8 Å². The Morgan fingerprint density at radius 2 is 1.57 bits per heavy atom. The molecule has 1 heterocycles. The quantitative estimate of drug-likeness (QED) is 0.846. The number of carbonyl (C=O) groups is 3. The summed E-state index contributed by atoms with van der Waals surface area (Å²) in [6.45, 7) is 5.87. The highest BCUT2D eigenvalue weighted by molar-refractivity contribution is 6.22. The number of benzene rings is 1. The SMILES string of the molecule is CCC(CC)(CC)N1C(=O)c2ccc(C(=O)O)cc2C1=O. The number of amides is 2. The van der Waals surface area contributed by atoms with E-state index in [0.717, 1.165) is 0 Å². The molecule has 2 amide bonds. The topological polar surface area (TPSA) is 74.7 Å². The first-order valence-electron chi connectivity index (χ1n) is 7.18. The minimum atomic E-state index is -1.11. The molecule has 5 nitrogen and oxygen atoms in total. The second-order valence-corrected chi connectivity index (χ2v) is 5.30. The highest BCUT2D eigenvalue weighted by atomic mass is 16.4. The Labute approximate surface area is 123 Å². The molecule has 0 fully saturated rings. The first-order valence-corrected chi connectivity index (χ1v) is 7.18. The number of carboxylic acid groups (broad SMARTS) is 1. The van der Waals surface area contributed by atoms with Crippen LogP contribution in [0.25, 0.3) is 0 Å². The van der Waals surface area contributed by atoms with Gasteiger partial charge in [0.1, 0.15) is 0 Å². The summed E-state index contributed by atoms with van der Waals surface area (Å²) in [5.74, 6) is -1.81. The predicted molar refractivity (Wildman–Crippen MR) is 77.5 cm³/mol. The van der Waals surface area contributed by atoms with Crippen molar-refractivity contribution in [1.82, 2.24) is 4.90 Å². The molecule has 0 aromatic heterocycles. The van der Waals surface area contributed by atoms with Crippen molar-refractivity contribution in [2.45, 2.75) is 45.6 Å². The number of carboxylic acids is 1. The number of aromatic carboxylic acids is 1. The Hall–Kier alpha value is -2.17. The number of imide groups is 1. The first kappa shape index (κ1) is 15.2. The van der Waals surface area contributed by atoms with Crippen LogP contribution in [-0.2, 0) is 0 Å². The molecule has 112 valence electrons. The molecule has 1 N–H and O–H groups in total. The highest BCUT2D eigenvalue weighted by Crippen LogP contribution is 2.36. The molecule has 0 atom stereocenters. The molecule has 1 aliphatic heterocycles. The highest BCUT2D eigenvalue weighted by Gasteiger charge is 2.46. The Balaban J connectivity index is 2.54. The lowest BCUT2D eigenvalue weighted by molar-refractivity contribution is 0.0386. The smallest absolute Gasteiger partial charge is 0.335 e. The summed E-state index contributed by atoms with van der Waals surface area (Å²) in [6.07, 6.45) is 2.03. The fourth-order valence-electron chi connectivity index (χ4n) is 3.03. The van der Waals surface area contributed by atoms with Crippen LogP contribution >= 0.6 is 0 Å². The average Bonchev–Trinajstić information content (AvgIpc) is 2.74. The van der Waals surface area contributed by atoms with E-state index in [-0.39, 0.29) is 22.9 Å². The Morgan fingerprint density at radius 3 is 2.05 bits per heavy atom. The van der Waals surface area contributed by atoms with Gasteiger partial charge in [0.15, 0.2) is 0 Å². The maximum Gasteiger partial charge on any atom is 0.335 e. The summed E-state index contributed by atoms with van der Waals surface area (Å²) >= 11 is 0. The monoisotopic (exact) mass is 289 g/mol. The van der Waals surface area contributed by atoms with Crippen molar-refractivity contribution in [2.24, 2.45) is 0 Å². The fraction of sp³-hybridized carbons (Fsp3) is 0.438. The van der Waals surface area contributed by atoms with E-state index in [4.69, 9.17) is 5.11 Å². The van der Waals surface area contributed by atoms with Gasteiger partial charge in [0.05, 0.1) is 22.2 Å². The van der Waals surface area contributed by atoms with Crippen molar-refractivity contribution in [3.05, 3.63) is 34.9 Å². The third-order valence-corrected chi connectivity index (χ3v) is 4.58. The summed E-state index contributed by atoms with van der Waals surface area (Å²) in [7, 11) is 0. The van der Waals surface area contributed by atoms with Gasteiger partial charge >= 0.3 is 5.97 Å². The number of nitrogens with zero attached hydrogens (tertiary/aromatic N) is 1. The standard InChI is InChI=1S/C16H19NO4/c1-4-16(5-2,6-3)17-13(18)11-8-7-10(15(20)21)9-12(11)14(17)19/h7-9H,4-6H2,1-3H3,(H,20,21). The number of carbonyl (C=O) groups excluding carboxylic acids is 2. The Bertz CT molecular complexity index is 608. The molecule has 5 heteroatoms. The van der Waals surface area contributed by atoms with E-state index in [1.165, 1.54) is 23.1 Å². The van der Waals surface area contributed by atoms with Crippen molar-refractivity contribution in [3.63, 3.8) is 0 Å². The zero-order chi connectivity index (χ0) is 15.8. The maximum atomic E-state index is 12.6. The van der Waals surface area contributed by atoms with Gasteiger partial charge in [0.2, 0.25) is 0 Å². The second-order valence-electron chi connectivity index (χ2n) is 5.30.